The van der Waals surface area contributed by atoms with Crippen LogP contribution in [0.15, 0.2) is 0 Å². The number of rotatable bonds is 5. The fourth-order valence-corrected chi connectivity index (χ4v) is 0.870. The number of carbonyl (C=O) groups excluding carboxylic acids is 3. The van der Waals surface area contributed by atoms with Crippen molar-refractivity contribution in [3.63, 3.8) is 0 Å². The summed E-state index contributed by atoms with van der Waals surface area (Å²) in [5, 5.41) is 21.0. The van der Waals surface area contributed by atoms with Crippen molar-refractivity contribution in [1.29, 1.82) is 0 Å². The lowest BCUT2D eigenvalue weighted by Crippen LogP contribution is -2.50. The number of aldehydes is 1. The van der Waals surface area contributed by atoms with Gasteiger partial charge in [-0.1, -0.05) is 13.8 Å². The molecule has 0 saturated heterocycles. The van der Waals surface area contributed by atoms with E-state index in [1.165, 1.54) is 6.92 Å². The van der Waals surface area contributed by atoms with Crippen molar-refractivity contribution in [2.45, 2.75) is 20.3 Å². The number of carboxylic acid groups (broad SMARTS) is 2. The standard InChI is InChI=1S/C8H12O5/c1-5(6(10)11)8(2,3-4-9)7(12)13/h4-5H,3H2,1-2H3,(H,10,11)(H,12,13)/p-2. The van der Waals surface area contributed by atoms with E-state index in [4.69, 9.17) is 0 Å². The van der Waals surface area contributed by atoms with Crippen molar-refractivity contribution in [1.82, 2.24) is 0 Å². The Balaban J connectivity index is 4.87. The molecule has 0 spiro atoms. The first-order valence-corrected chi connectivity index (χ1v) is 3.72. The first-order valence-electron chi connectivity index (χ1n) is 3.72. The van der Waals surface area contributed by atoms with Gasteiger partial charge in [-0.05, 0) is 0 Å². The number of carboxylic acids is 2. The molecule has 0 fully saturated rings. The third kappa shape index (κ3) is 2.27. The molecule has 0 amide bonds. The molecule has 5 nitrogen and oxygen atoms in total. The molecule has 0 aliphatic heterocycles. The Kier molecular flexibility index (Phi) is 3.59. The first kappa shape index (κ1) is 11.6. The zero-order valence-corrected chi connectivity index (χ0v) is 7.40. The molecule has 0 N–H and O–H groups in total. The minimum absolute atomic E-state index is 0.356. The van der Waals surface area contributed by atoms with E-state index in [9.17, 15) is 24.6 Å². The fourth-order valence-electron chi connectivity index (χ4n) is 0.870. The van der Waals surface area contributed by atoms with Crippen LogP contribution in [0, 0.1) is 11.3 Å². The van der Waals surface area contributed by atoms with Crippen molar-refractivity contribution in [2.75, 3.05) is 0 Å². The number of hydrogen-bond donors (Lipinski definition) is 0. The lowest BCUT2D eigenvalue weighted by Gasteiger charge is -2.35. The molecule has 0 aromatic rings. The Labute approximate surface area is 75.4 Å². The lowest BCUT2D eigenvalue weighted by atomic mass is 9.76. The molecule has 2 unspecified atom stereocenters. The molecule has 0 aliphatic carbocycles. The van der Waals surface area contributed by atoms with Gasteiger partial charge in [0.1, 0.15) is 6.29 Å². The molecular formula is C8H10O5-2. The van der Waals surface area contributed by atoms with Crippen LogP contribution < -0.4 is 10.2 Å². The topological polar surface area (TPSA) is 97.3 Å². The maximum atomic E-state index is 10.6. The zero-order chi connectivity index (χ0) is 10.6. The summed E-state index contributed by atoms with van der Waals surface area (Å²) >= 11 is 0. The van der Waals surface area contributed by atoms with Crippen molar-refractivity contribution in [3.05, 3.63) is 0 Å². The van der Waals surface area contributed by atoms with Crippen molar-refractivity contribution >= 4 is 18.2 Å². The van der Waals surface area contributed by atoms with Gasteiger partial charge in [-0.3, -0.25) is 0 Å². The van der Waals surface area contributed by atoms with Gasteiger partial charge in [-0.2, -0.15) is 0 Å². The van der Waals surface area contributed by atoms with E-state index in [1.54, 1.807) is 0 Å². The normalized spacial score (nSPS) is 17.1. The number of aliphatic carboxylic acids is 2. The van der Waals surface area contributed by atoms with Crippen LogP contribution in [0.2, 0.25) is 0 Å². The second kappa shape index (κ2) is 4.02. The summed E-state index contributed by atoms with van der Waals surface area (Å²) in [7, 11) is 0. The van der Waals surface area contributed by atoms with Crippen LogP contribution in [-0.2, 0) is 14.4 Å². The van der Waals surface area contributed by atoms with E-state index in [-0.39, 0.29) is 0 Å². The Morgan fingerprint density at radius 2 is 1.92 bits per heavy atom. The highest BCUT2D eigenvalue weighted by atomic mass is 16.4. The van der Waals surface area contributed by atoms with E-state index in [0.29, 0.717) is 6.29 Å². The smallest absolute Gasteiger partial charge is 0.120 e. The summed E-state index contributed by atoms with van der Waals surface area (Å²) in [6, 6.07) is 0. The molecule has 0 aliphatic rings. The molecule has 13 heavy (non-hydrogen) atoms. The van der Waals surface area contributed by atoms with E-state index in [2.05, 4.69) is 0 Å². The van der Waals surface area contributed by atoms with Gasteiger partial charge in [0.15, 0.2) is 0 Å². The monoisotopic (exact) mass is 186 g/mol. The molecule has 0 aromatic carbocycles. The molecule has 0 rings (SSSR count). The second-order valence-corrected chi connectivity index (χ2v) is 3.12. The first-order chi connectivity index (χ1) is 5.86. The average molecular weight is 186 g/mol. The molecule has 74 valence electrons. The minimum atomic E-state index is -1.69. The number of hydrogen-bond acceptors (Lipinski definition) is 5. The van der Waals surface area contributed by atoms with Crippen molar-refractivity contribution in [2.24, 2.45) is 11.3 Å². The van der Waals surface area contributed by atoms with Crippen molar-refractivity contribution < 1.29 is 24.6 Å². The summed E-state index contributed by atoms with van der Waals surface area (Å²) in [6.07, 6.45) is -0.0419. The SMILES string of the molecule is CC(C(=O)[O-])C(C)(CC=O)C(=O)[O-]. The van der Waals surface area contributed by atoms with Crippen LogP contribution in [0.4, 0.5) is 0 Å². The molecule has 0 heterocycles. The molecule has 0 bridgehead atoms. The lowest BCUT2D eigenvalue weighted by molar-refractivity contribution is -0.333. The van der Waals surface area contributed by atoms with Gasteiger partial charge in [0.05, 0.1) is 0 Å². The van der Waals surface area contributed by atoms with Gasteiger partial charge in [0, 0.05) is 29.7 Å². The Morgan fingerprint density at radius 1 is 1.46 bits per heavy atom. The molecule has 0 radical (unpaired) electrons. The molecule has 5 heteroatoms. The number of carbonyl (C=O) groups is 3. The van der Waals surface area contributed by atoms with Gasteiger partial charge in [-0.15, -0.1) is 0 Å². The summed E-state index contributed by atoms with van der Waals surface area (Å²) < 4.78 is 0. The van der Waals surface area contributed by atoms with Crippen LogP contribution in [0.3, 0.4) is 0 Å². The predicted molar refractivity (Wildman–Crippen MR) is 38.0 cm³/mol. The molecule has 0 aromatic heterocycles. The van der Waals surface area contributed by atoms with E-state index in [1.807, 2.05) is 0 Å². The van der Waals surface area contributed by atoms with E-state index in [0.717, 1.165) is 6.92 Å². The zero-order valence-electron chi connectivity index (χ0n) is 7.40. The van der Waals surface area contributed by atoms with Crippen LogP contribution in [0.25, 0.3) is 0 Å². The quantitative estimate of drug-likeness (QED) is 0.450. The average Bonchev–Trinajstić information content (AvgIpc) is 2.02. The van der Waals surface area contributed by atoms with Gasteiger partial charge in [0.25, 0.3) is 0 Å². The Hall–Kier alpha value is -1.39. The fraction of sp³-hybridized carbons (Fsp3) is 0.625. The van der Waals surface area contributed by atoms with Crippen LogP contribution in [0.5, 0.6) is 0 Å². The van der Waals surface area contributed by atoms with Gasteiger partial charge >= 0.3 is 0 Å². The summed E-state index contributed by atoms with van der Waals surface area (Å²) in [5.74, 6) is -4.33. The summed E-state index contributed by atoms with van der Waals surface area (Å²) in [4.78, 5) is 31.2. The van der Waals surface area contributed by atoms with Crippen molar-refractivity contribution in [3.8, 4) is 0 Å². The predicted octanol–water partition coefficient (Wildman–Crippen LogP) is -2.28. The highest BCUT2D eigenvalue weighted by molar-refractivity contribution is 5.83. The maximum absolute atomic E-state index is 10.6. The molecule has 2 atom stereocenters. The maximum Gasteiger partial charge on any atom is 0.120 e. The van der Waals surface area contributed by atoms with Gasteiger partial charge in [0.2, 0.25) is 0 Å². The second-order valence-electron chi connectivity index (χ2n) is 3.12. The Bertz CT molecular complexity index is 235. The van der Waals surface area contributed by atoms with E-state index >= 15 is 0 Å². The van der Waals surface area contributed by atoms with E-state index < -0.39 is 29.7 Å². The van der Waals surface area contributed by atoms with Gasteiger partial charge < -0.3 is 24.6 Å². The summed E-state index contributed by atoms with van der Waals surface area (Å²) in [5.41, 5.74) is -1.69. The van der Waals surface area contributed by atoms with Gasteiger partial charge in [-0.25, -0.2) is 0 Å². The third-order valence-corrected chi connectivity index (χ3v) is 2.28. The molecule has 0 saturated carbocycles. The summed E-state index contributed by atoms with van der Waals surface area (Å²) in [6.45, 7) is 2.33. The van der Waals surface area contributed by atoms with Crippen LogP contribution in [0.1, 0.15) is 20.3 Å². The Morgan fingerprint density at radius 3 is 2.15 bits per heavy atom. The minimum Gasteiger partial charge on any atom is -0.550 e. The highest BCUT2D eigenvalue weighted by Gasteiger charge is 2.33. The molecular weight excluding hydrogens is 176 g/mol. The highest BCUT2D eigenvalue weighted by Crippen LogP contribution is 2.29. The largest absolute Gasteiger partial charge is 0.550 e. The van der Waals surface area contributed by atoms with Crippen LogP contribution in [-0.4, -0.2) is 18.2 Å². The third-order valence-electron chi connectivity index (χ3n) is 2.28. The van der Waals surface area contributed by atoms with Crippen LogP contribution >= 0.6 is 0 Å².